The van der Waals surface area contributed by atoms with Crippen LogP contribution < -0.4 is 4.74 Å². The summed E-state index contributed by atoms with van der Waals surface area (Å²) in [6, 6.07) is 9.02. The van der Waals surface area contributed by atoms with Gasteiger partial charge in [0.25, 0.3) is 0 Å². The van der Waals surface area contributed by atoms with E-state index in [-0.39, 0.29) is 40.2 Å². The van der Waals surface area contributed by atoms with Gasteiger partial charge in [-0.25, -0.2) is 0 Å². The minimum Gasteiger partial charge on any atom is -0.510 e. The molecule has 0 saturated carbocycles. The van der Waals surface area contributed by atoms with E-state index in [2.05, 4.69) is 0 Å². The van der Waals surface area contributed by atoms with Gasteiger partial charge >= 0.3 is 0 Å². The molecule has 2 atom stereocenters. The third-order valence-corrected chi connectivity index (χ3v) is 7.75. The van der Waals surface area contributed by atoms with Crippen LogP contribution in [0.1, 0.15) is 48.7 Å². The van der Waals surface area contributed by atoms with Gasteiger partial charge < -0.3 is 20.1 Å². The van der Waals surface area contributed by atoms with Crippen molar-refractivity contribution in [3.05, 3.63) is 58.4 Å². The van der Waals surface area contributed by atoms with Gasteiger partial charge in [0.1, 0.15) is 34.0 Å². The number of ketones is 3. The first-order valence-electron chi connectivity index (χ1n) is 9.97. The molecule has 3 N–H and O–H groups in total. The highest BCUT2D eigenvalue weighted by molar-refractivity contribution is 8.00. The molecule has 4 rings (SSSR count). The van der Waals surface area contributed by atoms with Crippen LogP contribution in [0.25, 0.3) is 0 Å². The number of aromatic hydroxyl groups is 2. The summed E-state index contributed by atoms with van der Waals surface area (Å²) in [6.45, 7) is 5.44. The minimum absolute atomic E-state index is 0.0355. The first-order valence-corrected chi connectivity index (χ1v) is 10.8. The second-order valence-corrected chi connectivity index (χ2v) is 9.57. The number of hydrogen-bond donors (Lipinski definition) is 3. The number of aliphatic hydroxyl groups is 1. The molecule has 1 aliphatic carbocycles. The molecule has 2 aromatic rings. The molecule has 0 amide bonds. The molecule has 0 unspecified atom stereocenters. The summed E-state index contributed by atoms with van der Waals surface area (Å²) in [4.78, 5) is 36.9. The molecule has 8 heteroatoms. The molecule has 7 nitrogen and oxygen atoms in total. The summed E-state index contributed by atoms with van der Waals surface area (Å²) >= 11 is 1.15. The topological polar surface area (TPSA) is 121 Å². The van der Waals surface area contributed by atoms with Gasteiger partial charge in [0.05, 0.1) is 17.6 Å². The molecule has 0 spiro atoms. The molecular formula is C24H22O7S. The van der Waals surface area contributed by atoms with Crippen LogP contribution in [0.4, 0.5) is 0 Å². The molecule has 32 heavy (non-hydrogen) atoms. The number of benzene rings is 2. The Kier molecular flexibility index (Phi) is 4.89. The number of ether oxygens (including phenoxy) is 1. The summed E-state index contributed by atoms with van der Waals surface area (Å²) in [7, 11) is 0. The minimum atomic E-state index is -1.56. The quantitative estimate of drug-likeness (QED) is 0.466. The Morgan fingerprint density at radius 3 is 2.22 bits per heavy atom. The molecule has 0 fully saturated rings. The standard InChI is InChI=1S/C24H22O7S/c1-11-19(28)17(13(3)26)21-18(20(11)29)23(4)22(30)16(12(2)25)15(27)10-24(23,31-21)32-14-8-6-5-7-9-14/h5-9,28-30H,10H2,1-4H3/t23-,24-/m1/s1. The average molecular weight is 455 g/mol. The van der Waals surface area contributed by atoms with E-state index in [1.54, 1.807) is 31.2 Å². The maximum absolute atomic E-state index is 13.0. The van der Waals surface area contributed by atoms with Crippen molar-refractivity contribution in [3.63, 3.8) is 0 Å². The zero-order valence-corrected chi connectivity index (χ0v) is 18.8. The fourth-order valence-electron chi connectivity index (χ4n) is 4.57. The van der Waals surface area contributed by atoms with E-state index >= 15 is 0 Å². The number of carbonyl (C=O) groups is 3. The van der Waals surface area contributed by atoms with Gasteiger partial charge in [-0.2, -0.15) is 0 Å². The summed E-state index contributed by atoms with van der Waals surface area (Å²) in [5.41, 5.74) is -1.98. The Morgan fingerprint density at radius 1 is 1.03 bits per heavy atom. The van der Waals surface area contributed by atoms with Crippen molar-refractivity contribution in [2.24, 2.45) is 0 Å². The van der Waals surface area contributed by atoms with Crippen LogP contribution >= 0.6 is 11.8 Å². The molecule has 0 saturated heterocycles. The fraction of sp³-hybridized carbons (Fsp3) is 0.292. The van der Waals surface area contributed by atoms with Gasteiger partial charge in [0.15, 0.2) is 22.3 Å². The zero-order valence-electron chi connectivity index (χ0n) is 18.0. The molecule has 1 heterocycles. The first-order chi connectivity index (χ1) is 15.0. The van der Waals surface area contributed by atoms with Crippen molar-refractivity contribution in [3.8, 4) is 17.2 Å². The number of aliphatic hydroxyl groups excluding tert-OH is 1. The van der Waals surface area contributed by atoms with Gasteiger partial charge in [-0.05, 0) is 39.8 Å². The van der Waals surface area contributed by atoms with E-state index in [0.29, 0.717) is 4.90 Å². The molecule has 0 aromatic heterocycles. The lowest BCUT2D eigenvalue weighted by Crippen LogP contribution is -2.54. The molecule has 0 radical (unpaired) electrons. The smallest absolute Gasteiger partial charge is 0.183 e. The number of allylic oxidation sites excluding steroid dienone is 1. The van der Waals surface area contributed by atoms with Crippen LogP contribution in [-0.2, 0) is 15.0 Å². The van der Waals surface area contributed by atoms with Gasteiger partial charge in [0, 0.05) is 10.5 Å². The van der Waals surface area contributed by atoms with Gasteiger partial charge in [-0.1, -0.05) is 30.0 Å². The summed E-state index contributed by atoms with van der Waals surface area (Å²) in [5, 5.41) is 33.0. The third-order valence-electron chi connectivity index (χ3n) is 6.28. The molecular weight excluding hydrogens is 432 g/mol. The highest BCUT2D eigenvalue weighted by Crippen LogP contribution is 2.66. The lowest BCUT2D eigenvalue weighted by molar-refractivity contribution is -0.124. The lowest BCUT2D eigenvalue weighted by Gasteiger charge is -2.44. The van der Waals surface area contributed by atoms with Crippen LogP contribution in [-0.4, -0.2) is 37.6 Å². The van der Waals surface area contributed by atoms with E-state index in [9.17, 15) is 29.7 Å². The van der Waals surface area contributed by atoms with E-state index in [1.807, 2.05) is 6.07 Å². The van der Waals surface area contributed by atoms with Crippen molar-refractivity contribution in [2.45, 2.75) is 49.4 Å². The average Bonchev–Trinajstić information content (AvgIpc) is 2.96. The second-order valence-electron chi connectivity index (χ2n) is 8.23. The predicted octanol–water partition coefficient (Wildman–Crippen LogP) is 4.12. The third kappa shape index (κ3) is 2.72. The Labute approximate surface area is 188 Å². The molecule has 2 aromatic carbocycles. The van der Waals surface area contributed by atoms with Gasteiger partial charge in [-0.3, -0.25) is 14.4 Å². The largest absolute Gasteiger partial charge is 0.510 e. The first kappa shape index (κ1) is 22.0. The molecule has 2 aliphatic rings. The summed E-state index contributed by atoms with van der Waals surface area (Å²) in [6.07, 6.45) is -0.298. The van der Waals surface area contributed by atoms with E-state index in [4.69, 9.17) is 4.74 Å². The number of fused-ring (bicyclic) bond motifs is 3. The highest BCUT2D eigenvalue weighted by Gasteiger charge is 2.67. The van der Waals surface area contributed by atoms with Crippen LogP contribution in [0.5, 0.6) is 17.2 Å². The number of thioether (sulfide) groups is 1. The highest BCUT2D eigenvalue weighted by atomic mass is 32.2. The van der Waals surface area contributed by atoms with Crippen molar-refractivity contribution in [1.29, 1.82) is 0 Å². The number of carbonyl (C=O) groups excluding carboxylic acids is 3. The maximum atomic E-state index is 13.0. The predicted molar refractivity (Wildman–Crippen MR) is 117 cm³/mol. The normalized spacial score (nSPS) is 24.1. The van der Waals surface area contributed by atoms with Gasteiger partial charge in [-0.15, -0.1) is 0 Å². The van der Waals surface area contributed by atoms with Crippen LogP contribution in [0, 0.1) is 6.92 Å². The van der Waals surface area contributed by atoms with Crippen LogP contribution in [0.2, 0.25) is 0 Å². The van der Waals surface area contributed by atoms with E-state index < -0.39 is 39.2 Å². The molecule has 1 aliphatic heterocycles. The SMILES string of the molecule is CC(=O)C1=C(O)[C@@]2(C)c3c(O)c(C)c(O)c(C(C)=O)c3O[C@@]2(Sc2ccccc2)CC1=O. The van der Waals surface area contributed by atoms with Crippen molar-refractivity contribution >= 4 is 29.1 Å². The Morgan fingerprint density at radius 2 is 1.66 bits per heavy atom. The van der Waals surface area contributed by atoms with Crippen molar-refractivity contribution in [1.82, 2.24) is 0 Å². The number of hydrogen-bond acceptors (Lipinski definition) is 8. The Hall–Kier alpha value is -3.26. The number of phenolic OH excluding ortho intramolecular Hbond substituents is 2. The summed E-state index contributed by atoms with van der Waals surface area (Å²) < 4.78 is 6.28. The fourth-order valence-corrected chi connectivity index (χ4v) is 5.98. The van der Waals surface area contributed by atoms with E-state index in [0.717, 1.165) is 11.8 Å². The molecule has 0 bridgehead atoms. The lowest BCUT2D eigenvalue weighted by atomic mass is 9.68. The molecule has 166 valence electrons. The summed E-state index contributed by atoms with van der Waals surface area (Å²) in [5.74, 6) is -3.16. The number of phenols is 2. The Balaban J connectivity index is 2.12. The Bertz CT molecular complexity index is 1230. The number of Topliss-reactive ketones (excluding diaryl/α,β-unsaturated/α-hetero) is 3. The van der Waals surface area contributed by atoms with Crippen LogP contribution in [0.3, 0.4) is 0 Å². The number of rotatable bonds is 4. The second kappa shape index (κ2) is 7.13. The van der Waals surface area contributed by atoms with Crippen molar-refractivity contribution < 1.29 is 34.4 Å². The maximum Gasteiger partial charge on any atom is 0.183 e. The van der Waals surface area contributed by atoms with Crippen molar-refractivity contribution in [2.75, 3.05) is 0 Å². The van der Waals surface area contributed by atoms with E-state index in [1.165, 1.54) is 20.8 Å². The monoisotopic (exact) mass is 454 g/mol. The van der Waals surface area contributed by atoms with Gasteiger partial charge in [0.2, 0.25) is 0 Å². The van der Waals surface area contributed by atoms with Crippen LogP contribution in [0.15, 0.2) is 46.6 Å². The zero-order chi connectivity index (χ0) is 23.6.